The zero-order valence-electron chi connectivity index (χ0n) is 9.77. The second-order valence-electron chi connectivity index (χ2n) is 4.11. The van der Waals surface area contributed by atoms with Crippen molar-refractivity contribution in [2.24, 2.45) is 5.73 Å². The number of hydrogen-bond acceptors (Lipinski definition) is 5. The minimum atomic E-state index is 0.317. The Balaban J connectivity index is 2.11. The molecule has 0 amide bonds. The maximum Gasteiger partial charge on any atom is 0.223 e. The number of nitrogens with one attached hydrogen (secondary N) is 1. The van der Waals surface area contributed by atoms with Gasteiger partial charge >= 0.3 is 0 Å². The summed E-state index contributed by atoms with van der Waals surface area (Å²) in [7, 11) is 0. The molecule has 1 aliphatic rings. The fourth-order valence-electron chi connectivity index (χ4n) is 1.78. The highest BCUT2D eigenvalue weighted by Gasteiger charge is 2.15. The van der Waals surface area contributed by atoms with Crippen LogP contribution in [0, 0.1) is 6.92 Å². The highest BCUT2D eigenvalue weighted by molar-refractivity contribution is 7.99. The van der Waals surface area contributed by atoms with E-state index in [-0.39, 0.29) is 0 Å². The molecule has 0 saturated carbocycles. The van der Waals surface area contributed by atoms with Gasteiger partial charge in [-0.25, -0.2) is 9.97 Å². The average molecular weight is 268 g/mol. The molecule has 0 unspecified atom stereocenters. The van der Waals surface area contributed by atoms with E-state index in [4.69, 9.17) is 18.0 Å². The number of thiocarbonyl (C=S) groups is 1. The molecule has 2 heterocycles. The molecule has 92 valence electrons. The number of anilines is 1. The number of nitrogens with two attached hydrogens (primary N) is 1. The van der Waals surface area contributed by atoms with Crippen LogP contribution < -0.4 is 11.1 Å². The summed E-state index contributed by atoms with van der Waals surface area (Å²) in [5.41, 5.74) is 7.12. The van der Waals surface area contributed by atoms with Gasteiger partial charge in [0.1, 0.15) is 10.7 Å². The minimum absolute atomic E-state index is 0.317. The van der Waals surface area contributed by atoms with Crippen molar-refractivity contribution >= 4 is 34.9 Å². The van der Waals surface area contributed by atoms with E-state index in [1.54, 1.807) is 0 Å². The van der Waals surface area contributed by atoms with Gasteiger partial charge in [0, 0.05) is 11.7 Å². The Labute approximate surface area is 111 Å². The van der Waals surface area contributed by atoms with E-state index < -0.39 is 0 Å². The largest absolute Gasteiger partial charge is 0.388 e. The van der Waals surface area contributed by atoms with E-state index in [0.717, 1.165) is 18.5 Å². The highest BCUT2D eigenvalue weighted by Crippen LogP contribution is 2.19. The summed E-state index contributed by atoms with van der Waals surface area (Å²) in [5.74, 6) is 3.04. The predicted molar refractivity (Wildman–Crippen MR) is 76.6 cm³/mol. The van der Waals surface area contributed by atoms with Crippen molar-refractivity contribution in [3.63, 3.8) is 0 Å². The zero-order chi connectivity index (χ0) is 12.3. The van der Waals surface area contributed by atoms with Crippen LogP contribution in [0.5, 0.6) is 0 Å². The Kier molecular flexibility index (Phi) is 4.17. The number of hydrogen-bond donors (Lipinski definition) is 2. The number of aryl methyl sites for hydroxylation is 1. The number of aromatic nitrogens is 2. The Morgan fingerprint density at radius 1 is 1.47 bits per heavy atom. The van der Waals surface area contributed by atoms with Crippen LogP contribution in [0.3, 0.4) is 0 Å². The quantitative estimate of drug-likeness (QED) is 0.814. The summed E-state index contributed by atoms with van der Waals surface area (Å²) >= 11 is 6.94. The van der Waals surface area contributed by atoms with E-state index >= 15 is 0 Å². The lowest BCUT2D eigenvalue weighted by Crippen LogP contribution is -2.26. The molecular formula is C11H16N4S2. The maximum atomic E-state index is 5.59. The van der Waals surface area contributed by atoms with Gasteiger partial charge in [0.15, 0.2) is 0 Å². The lowest BCUT2D eigenvalue weighted by atomic mass is 10.2. The van der Waals surface area contributed by atoms with Crippen molar-refractivity contribution in [1.82, 2.24) is 9.97 Å². The number of thioether (sulfide) groups is 1. The fourth-order valence-corrected chi connectivity index (χ4v) is 2.99. The molecule has 1 saturated heterocycles. The van der Waals surface area contributed by atoms with E-state index in [9.17, 15) is 0 Å². The van der Waals surface area contributed by atoms with Crippen molar-refractivity contribution < 1.29 is 0 Å². The van der Waals surface area contributed by atoms with Gasteiger partial charge < -0.3 is 11.1 Å². The first-order valence-electron chi connectivity index (χ1n) is 5.65. The van der Waals surface area contributed by atoms with Gasteiger partial charge in [-0.2, -0.15) is 11.8 Å². The molecule has 6 heteroatoms. The van der Waals surface area contributed by atoms with Gasteiger partial charge in [0.25, 0.3) is 0 Å². The van der Waals surface area contributed by atoms with E-state index in [2.05, 4.69) is 15.3 Å². The second-order valence-corrected chi connectivity index (χ2v) is 5.78. The summed E-state index contributed by atoms with van der Waals surface area (Å²) in [6.45, 7) is 1.92. The topological polar surface area (TPSA) is 63.8 Å². The number of nitrogens with zero attached hydrogens (tertiary/aromatic N) is 2. The van der Waals surface area contributed by atoms with Gasteiger partial charge in [-0.1, -0.05) is 12.2 Å². The summed E-state index contributed by atoms with van der Waals surface area (Å²) in [5, 5.41) is 3.37. The van der Waals surface area contributed by atoms with Crippen LogP contribution in [-0.4, -0.2) is 32.5 Å². The van der Waals surface area contributed by atoms with E-state index in [0.29, 0.717) is 22.7 Å². The van der Waals surface area contributed by atoms with Crippen molar-refractivity contribution in [2.75, 3.05) is 16.8 Å². The Hall–Kier alpha value is -0.880. The first-order chi connectivity index (χ1) is 8.15. The van der Waals surface area contributed by atoms with Crippen LogP contribution in [0.1, 0.15) is 24.2 Å². The summed E-state index contributed by atoms with van der Waals surface area (Å²) < 4.78 is 0. The van der Waals surface area contributed by atoms with Crippen LogP contribution in [0.2, 0.25) is 0 Å². The van der Waals surface area contributed by atoms with Crippen LogP contribution in [0.15, 0.2) is 6.07 Å². The molecule has 1 aromatic heterocycles. The Bertz CT molecular complexity index is 416. The van der Waals surface area contributed by atoms with Gasteiger partial charge in [-0.3, -0.25) is 0 Å². The van der Waals surface area contributed by atoms with Crippen LogP contribution in [0.25, 0.3) is 0 Å². The van der Waals surface area contributed by atoms with Crippen molar-refractivity contribution in [1.29, 1.82) is 0 Å². The maximum absolute atomic E-state index is 5.59. The molecule has 1 fully saturated rings. The Morgan fingerprint density at radius 2 is 2.18 bits per heavy atom. The van der Waals surface area contributed by atoms with Crippen molar-refractivity contribution in [3.8, 4) is 0 Å². The second kappa shape index (κ2) is 5.64. The zero-order valence-corrected chi connectivity index (χ0v) is 11.4. The molecule has 17 heavy (non-hydrogen) atoms. The van der Waals surface area contributed by atoms with Crippen molar-refractivity contribution in [2.45, 2.75) is 25.8 Å². The molecule has 0 aromatic carbocycles. The third-order valence-corrected chi connectivity index (χ3v) is 3.92. The summed E-state index contributed by atoms with van der Waals surface area (Å²) in [6.07, 6.45) is 2.31. The third-order valence-electron chi connectivity index (χ3n) is 2.66. The standard InChI is InChI=1S/C11H16N4S2/c1-7-6-9(10(12)16)15-11(13-7)14-8-2-4-17-5-3-8/h6,8H,2-5H2,1H3,(H2,12,16)(H,13,14,15). The van der Waals surface area contributed by atoms with Gasteiger partial charge in [-0.15, -0.1) is 0 Å². The SMILES string of the molecule is Cc1cc(C(N)=S)nc(NC2CCSCC2)n1. The average Bonchev–Trinajstić information content (AvgIpc) is 2.29. The predicted octanol–water partition coefficient (Wildman–Crippen LogP) is 1.73. The lowest BCUT2D eigenvalue weighted by Gasteiger charge is -2.22. The monoisotopic (exact) mass is 268 g/mol. The Morgan fingerprint density at radius 3 is 2.82 bits per heavy atom. The molecule has 4 nitrogen and oxygen atoms in total. The van der Waals surface area contributed by atoms with E-state index in [1.165, 1.54) is 11.5 Å². The summed E-state index contributed by atoms with van der Waals surface area (Å²) in [6, 6.07) is 2.28. The molecule has 0 spiro atoms. The lowest BCUT2D eigenvalue weighted by molar-refractivity contribution is 0.659. The van der Waals surface area contributed by atoms with Gasteiger partial charge in [-0.05, 0) is 37.3 Å². The molecule has 3 N–H and O–H groups in total. The van der Waals surface area contributed by atoms with Crippen LogP contribution >= 0.6 is 24.0 Å². The van der Waals surface area contributed by atoms with E-state index in [1.807, 2.05) is 24.8 Å². The number of rotatable bonds is 3. The molecular weight excluding hydrogens is 252 g/mol. The molecule has 1 aliphatic heterocycles. The van der Waals surface area contributed by atoms with Crippen LogP contribution in [-0.2, 0) is 0 Å². The molecule has 0 radical (unpaired) electrons. The molecule has 2 rings (SSSR count). The third kappa shape index (κ3) is 3.54. The van der Waals surface area contributed by atoms with Crippen molar-refractivity contribution in [3.05, 3.63) is 17.5 Å². The molecule has 0 aliphatic carbocycles. The van der Waals surface area contributed by atoms with Gasteiger partial charge in [0.2, 0.25) is 5.95 Å². The van der Waals surface area contributed by atoms with Gasteiger partial charge in [0.05, 0.1) is 0 Å². The van der Waals surface area contributed by atoms with Crippen LogP contribution in [0.4, 0.5) is 5.95 Å². The first kappa shape index (κ1) is 12.6. The molecule has 1 aromatic rings. The molecule has 0 atom stereocenters. The molecule has 0 bridgehead atoms. The fraction of sp³-hybridized carbons (Fsp3) is 0.545. The summed E-state index contributed by atoms with van der Waals surface area (Å²) in [4.78, 5) is 9.02. The normalized spacial score (nSPS) is 16.8. The minimum Gasteiger partial charge on any atom is -0.388 e. The highest BCUT2D eigenvalue weighted by atomic mass is 32.2. The first-order valence-corrected chi connectivity index (χ1v) is 7.21. The smallest absolute Gasteiger partial charge is 0.223 e.